The highest BCUT2D eigenvalue weighted by molar-refractivity contribution is 5.79. The molecule has 0 unspecified atom stereocenters. The number of benzene rings is 1. The van der Waals surface area contributed by atoms with Gasteiger partial charge in [0, 0.05) is 25.1 Å². The monoisotopic (exact) mass is 724 g/mol. The Bertz CT molecular complexity index is 1590. The maximum atomic E-state index is 12.8. The smallest absolute Gasteiger partial charge is 0.364 e. The van der Waals surface area contributed by atoms with Crippen molar-refractivity contribution in [3.8, 4) is 12.3 Å². The van der Waals surface area contributed by atoms with Crippen LogP contribution in [0.2, 0.25) is 0 Å². The minimum absolute atomic E-state index is 0.0839. The number of carboxylic acids is 1. The lowest BCUT2D eigenvalue weighted by atomic mass is 9.88. The minimum atomic E-state index is -2.68. The number of alkyl halides is 2. The summed E-state index contributed by atoms with van der Waals surface area (Å²) in [5, 5.41) is 62.1. The molecule has 0 aliphatic carbocycles. The molecule has 280 valence electrons. The molecule has 1 aliphatic rings. The van der Waals surface area contributed by atoms with Gasteiger partial charge >= 0.3 is 5.97 Å². The number of aliphatic carboxylic acids is 1. The number of amides is 2. The molecular formula is C33H42F2N4O12. The highest BCUT2D eigenvalue weighted by atomic mass is 19.3. The van der Waals surface area contributed by atoms with Crippen LogP contribution in [0.5, 0.6) is 0 Å². The van der Waals surface area contributed by atoms with Crippen LogP contribution >= 0.6 is 0 Å². The quantitative estimate of drug-likeness (QED) is 0.0414. The molecule has 16 nitrogen and oxygen atoms in total. The zero-order valence-corrected chi connectivity index (χ0v) is 27.5. The van der Waals surface area contributed by atoms with E-state index < -0.39 is 90.9 Å². The van der Waals surface area contributed by atoms with Crippen LogP contribution in [-0.4, -0.2) is 112 Å². The number of ether oxygens (including phenoxy) is 2. The lowest BCUT2D eigenvalue weighted by Crippen LogP contribution is -2.68. The van der Waals surface area contributed by atoms with Gasteiger partial charge in [-0.15, -0.1) is 6.42 Å². The fourth-order valence-corrected chi connectivity index (χ4v) is 5.43. The van der Waals surface area contributed by atoms with E-state index in [1.165, 1.54) is 12.1 Å². The summed E-state index contributed by atoms with van der Waals surface area (Å²) in [6.07, 6.45) is -3.80. The van der Waals surface area contributed by atoms with Crippen LogP contribution in [0.15, 0.2) is 33.9 Å². The van der Waals surface area contributed by atoms with Gasteiger partial charge in [0.1, 0.15) is 30.2 Å². The first kappa shape index (κ1) is 40.9. The van der Waals surface area contributed by atoms with Crippen molar-refractivity contribution in [1.29, 1.82) is 0 Å². The number of hydrogen-bond donors (Lipinski definition) is 9. The van der Waals surface area contributed by atoms with Gasteiger partial charge < -0.3 is 56.3 Å². The molecule has 18 heteroatoms. The maximum absolute atomic E-state index is 12.8. The molecule has 0 aromatic heterocycles. The second-order valence-electron chi connectivity index (χ2n) is 11.9. The molecule has 9 N–H and O–H groups in total. The first-order chi connectivity index (χ1) is 24.2. The highest BCUT2D eigenvalue weighted by Gasteiger charge is 2.55. The number of carbonyl (C=O) groups excluding carboxylic acids is 2. The first-order valence-electron chi connectivity index (χ1n) is 16.1. The van der Waals surface area contributed by atoms with E-state index >= 15 is 0 Å². The number of carbonyl (C=O) groups is 3. The molecule has 0 spiro atoms. The highest BCUT2D eigenvalue weighted by Crippen LogP contribution is 2.34. The molecule has 2 aromatic carbocycles. The molecule has 2 amide bonds. The van der Waals surface area contributed by atoms with Crippen molar-refractivity contribution in [2.75, 3.05) is 43.5 Å². The predicted molar refractivity (Wildman–Crippen MR) is 177 cm³/mol. The van der Waals surface area contributed by atoms with Crippen molar-refractivity contribution in [3.63, 3.8) is 0 Å². The van der Waals surface area contributed by atoms with Gasteiger partial charge in [-0.05, 0) is 18.4 Å². The van der Waals surface area contributed by atoms with Gasteiger partial charge in [0.25, 0.3) is 23.1 Å². The summed E-state index contributed by atoms with van der Waals surface area (Å²) in [4.78, 5) is 60.3. The fourth-order valence-electron chi connectivity index (χ4n) is 5.43. The molecule has 1 saturated heterocycles. The van der Waals surface area contributed by atoms with E-state index in [0.29, 0.717) is 37.8 Å². The Hall–Kier alpha value is -4.51. The molecule has 0 bridgehead atoms. The molecule has 1 aliphatic heterocycles. The van der Waals surface area contributed by atoms with E-state index in [1.54, 1.807) is 0 Å². The average Bonchev–Trinajstić information content (AvgIpc) is 3.11. The van der Waals surface area contributed by atoms with Crippen LogP contribution in [0.3, 0.4) is 0 Å². The summed E-state index contributed by atoms with van der Waals surface area (Å²) < 4.78 is 36.9. The summed E-state index contributed by atoms with van der Waals surface area (Å²) in [7, 11) is 0. The Morgan fingerprint density at radius 1 is 1.02 bits per heavy atom. The predicted octanol–water partition coefficient (Wildman–Crippen LogP) is -1.26. The Labute approximate surface area is 290 Å². The van der Waals surface area contributed by atoms with Crippen molar-refractivity contribution in [1.82, 2.24) is 10.6 Å². The van der Waals surface area contributed by atoms with E-state index in [-0.39, 0.29) is 36.5 Å². The molecule has 2 aromatic rings. The normalized spacial score (nSPS) is 21.4. The second kappa shape index (κ2) is 19.2. The fraction of sp³-hybridized carbons (Fsp3) is 0.545. The van der Waals surface area contributed by atoms with Crippen molar-refractivity contribution in [2.24, 2.45) is 0 Å². The molecule has 1 fully saturated rings. The number of unbranched alkanes of at least 4 members (excludes halogenated alkanes) is 3. The minimum Gasteiger partial charge on any atom is -0.477 e. The number of rotatable bonds is 21. The summed E-state index contributed by atoms with van der Waals surface area (Å²) in [6, 6.07) is 3.47. The van der Waals surface area contributed by atoms with Crippen LogP contribution in [0.4, 0.5) is 20.2 Å². The second-order valence-corrected chi connectivity index (χ2v) is 11.9. The molecule has 0 radical (unpaired) electrons. The van der Waals surface area contributed by atoms with Crippen LogP contribution < -0.4 is 32.1 Å². The Balaban J connectivity index is 1.56. The van der Waals surface area contributed by atoms with E-state index in [9.17, 15) is 58.3 Å². The third-order valence-electron chi connectivity index (χ3n) is 8.19. The number of anilines is 2. The third-order valence-corrected chi connectivity index (χ3v) is 8.19. The van der Waals surface area contributed by atoms with Gasteiger partial charge in [0.05, 0.1) is 37.8 Å². The van der Waals surface area contributed by atoms with Gasteiger partial charge in [-0.2, -0.15) is 0 Å². The number of halogens is 2. The zero-order valence-electron chi connectivity index (χ0n) is 27.5. The molecular weight excluding hydrogens is 682 g/mol. The van der Waals surface area contributed by atoms with E-state index in [0.717, 1.165) is 12.1 Å². The molecule has 6 atom stereocenters. The van der Waals surface area contributed by atoms with E-state index in [2.05, 4.69) is 27.2 Å². The standard InChI is InChI=1S/C33H42F2N4O12/c1-2-11-36-25-26(29(47)28(25)46)37-12-5-3-4-6-13-50-33(32(48)49)15-20(41)24(39-23(44)17-40)30(51-33)27(45)21(42)16-38-22(43)14-18-7-9-19(10-8-18)31(34)35/h1,7-10,20-21,24,27,30-31,36-37,40-42,45H,3-6,11-17H2,(H,38,43)(H,39,44)(H,48,49)/t20-,21+,24+,27+,30+,33+/m0/s1. The largest absolute Gasteiger partial charge is 0.477 e. The Morgan fingerprint density at radius 2 is 1.67 bits per heavy atom. The number of carboxylic acid groups (broad SMARTS) is 1. The maximum Gasteiger partial charge on any atom is 0.364 e. The van der Waals surface area contributed by atoms with Gasteiger partial charge in [0.2, 0.25) is 11.8 Å². The molecule has 0 saturated carbocycles. The summed E-state index contributed by atoms with van der Waals surface area (Å²) in [5.41, 5.74) is -0.843. The van der Waals surface area contributed by atoms with Gasteiger partial charge in [-0.1, -0.05) is 43.0 Å². The lowest BCUT2D eigenvalue weighted by molar-refractivity contribution is -0.310. The molecule has 1 heterocycles. The number of aliphatic hydroxyl groups is 4. The van der Waals surface area contributed by atoms with Crippen molar-refractivity contribution >= 4 is 29.2 Å². The topological polar surface area (TPSA) is 253 Å². The Morgan fingerprint density at radius 3 is 2.27 bits per heavy atom. The average molecular weight is 725 g/mol. The summed E-state index contributed by atoms with van der Waals surface area (Å²) in [5.74, 6) is -3.52. The Kier molecular flexibility index (Phi) is 15.4. The number of terminal acetylenes is 1. The van der Waals surface area contributed by atoms with Crippen LogP contribution in [0.1, 0.15) is 49.7 Å². The summed E-state index contributed by atoms with van der Waals surface area (Å²) >= 11 is 0. The number of nitrogens with one attached hydrogen (secondary N) is 4. The van der Waals surface area contributed by atoms with Crippen LogP contribution in [-0.2, 0) is 30.3 Å². The van der Waals surface area contributed by atoms with Gasteiger partial charge in [0.15, 0.2) is 0 Å². The number of hydrogen-bond acceptors (Lipinski definition) is 13. The first-order valence-corrected chi connectivity index (χ1v) is 16.1. The molecule has 3 rings (SSSR count). The zero-order chi connectivity index (χ0) is 37.7. The van der Waals surface area contributed by atoms with E-state index in [1.807, 2.05) is 0 Å². The van der Waals surface area contributed by atoms with Crippen LogP contribution in [0, 0.1) is 12.3 Å². The molecule has 51 heavy (non-hydrogen) atoms. The van der Waals surface area contributed by atoms with E-state index in [4.69, 9.17) is 15.9 Å². The van der Waals surface area contributed by atoms with Crippen molar-refractivity contribution in [3.05, 3.63) is 55.8 Å². The number of aliphatic hydroxyl groups excluding tert-OH is 4. The van der Waals surface area contributed by atoms with Gasteiger partial charge in [-0.25, -0.2) is 13.6 Å². The van der Waals surface area contributed by atoms with Gasteiger partial charge in [-0.3, -0.25) is 19.2 Å². The van der Waals surface area contributed by atoms with Crippen LogP contribution in [0.25, 0.3) is 0 Å². The summed E-state index contributed by atoms with van der Waals surface area (Å²) in [6.45, 7) is -1.35. The van der Waals surface area contributed by atoms with Crippen molar-refractivity contribution in [2.45, 2.75) is 81.2 Å². The third kappa shape index (κ3) is 11.0. The SMILES string of the molecule is C#CCNc1c(NCCCCCCO[C@]2(C(=O)O)C[C@H](O)[C@@H](NC(=O)CO)[C@H]([C@H](O)[C@H](O)CNC(=O)Cc3ccc(C(F)F)cc3)O2)c(=O)c1=O. The van der Waals surface area contributed by atoms with Crippen molar-refractivity contribution < 1.29 is 58.2 Å². The lowest BCUT2D eigenvalue weighted by Gasteiger charge is -2.46.